The summed E-state index contributed by atoms with van der Waals surface area (Å²) in [6, 6.07) is 1.80. The molecule has 22 heavy (non-hydrogen) atoms. The van der Waals surface area contributed by atoms with Crippen molar-refractivity contribution in [3.8, 4) is 0 Å². The molecule has 1 aromatic heterocycles. The predicted molar refractivity (Wildman–Crippen MR) is 76.5 cm³/mol. The molecule has 0 N–H and O–H groups in total. The standard InChI is InChI=1S/C15H16ClNO5/c1-2-14(16)10-7-11-15(21-5-6-22-15)3-4-17(11)12(18)9(10)8-20-13(14)19/h7H,2-6,8H2,1H3. The van der Waals surface area contributed by atoms with E-state index < -0.39 is 16.6 Å². The van der Waals surface area contributed by atoms with E-state index in [1.54, 1.807) is 17.6 Å². The molecule has 1 fully saturated rings. The van der Waals surface area contributed by atoms with Crippen molar-refractivity contribution in [1.82, 2.24) is 4.57 Å². The van der Waals surface area contributed by atoms with E-state index in [1.807, 2.05) is 0 Å². The molecular formula is C15H16ClNO5. The predicted octanol–water partition coefficient (Wildman–Crippen LogP) is 1.35. The highest BCUT2D eigenvalue weighted by atomic mass is 35.5. The molecule has 0 aromatic carbocycles. The highest BCUT2D eigenvalue weighted by molar-refractivity contribution is 6.34. The van der Waals surface area contributed by atoms with Crippen molar-refractivity contribution >= 4 is 17.6 Å². The van der Waals surface area contributed by atoms with E-state index in [1.165, 1.54) is 0 Å². The normalized spacial score (nSPS) is 28.5. The second-order valence-corrected chi connectivity index (χ2v) is 6.45. The maximum Gasteiger partial charge on any atom is 0.332 e. The lowest BCUT2D eigenvalue weighted by Gasteiger charge is -2.32. The Morgan fingerprint density at radius 1 is 1.32 bits per heavy atom. The van der Waals surface area contributed by atoms with Crippen LogP contribution in [-0.2, 0) is 42.8 Å². The monoisotopic (exact) mass is 325 g/mol. The Bertz CT molecular complexity index is 721. The van der Waals surface area contributed by atoms with Crippen LogP contribution >= 0.6 is 11.6 Å². The number of hydrogen-bond donors (Lipinski definition) is 0. The lowest BCUT2D eigenvalue weighted by molar-refractivity contribution is -0.163. The molecule has 3 aliphatic rings. The summed E-state index contributed by atoms with van der Waals surface area (Å²) in [4.78, 5) is 23.6. The maximum atomic E-state index is 12.8. The van der Waals surface area contributed by atoms with Crippen LogP contribution in [0.1, 0.15) is 36.6 Å². The molecule has 4 heterocycles. The minimum absolute atomic E-state index is 0.0313. The van der Waals surface area contributed by atoms with Gasteiger partial charge >= 0.3 is 5.97 Å². The lowest BCUT2D eigenvalue weighted by Crippen LogP contribution is -2.41. The molecule has 1 unspecified atom stereocenters. The van der Waals surface area contributed by atoms with E-state index in [2.05, 4.69) is 0 Å². The van der Waals surface area contributed by atoms with Gasteiger partial charge in [-0.05, 0) is 18.1 Å². The summed E-state index contributed by atoms with van der Waals surface area (Å²) in [5.41, 5.74) is 1.47. The van der Waals surface area contributed by atoms with Gasteiger partial charge in [0, 0.05) is 13.0 Å². The van der Waals surface area contributed by atoms with Gasteiger partial charge in [-0.15, -0.1) is 11.6 Å². The minimum Gasteiger partial charge on any atom is -0.459 e. The summed E-state index contributed by atoms with van der Waals surface area (Å²) in [7, 11) is 0. The zero-order valence-corrected chi connectivity index (χ0v) is 12.9. The molecular weight excluding hydrogens is 310 g/mol. The van der Waals surface area contributed by atoms with E-state index in [0.29, 0.717) is 49.4 Å². The van der Waals surface area contributed by atoms with Gasteiger partial charge in [-0.3, -0.25) is 4.79 Å². The summed E-state index contributed by atoms with van der Waals surface area (Å²) in [6.07, 6.45) is 0.930. The molecule has 4 rings (SSSR count). The Kier molecular flexibility index (Phi) is 2.95. The summed E-state index contributed by atoms with van der Waals surface area (Å²) in [5.74, 6) is -1.38. The third-order valence-corrected chi connectivity index (χ3v) is 5.42. The third kappa shape index (κ3) is 1.63. The molecule has 1 spiro atoms. The average Bonchev–Trinajstić information content (AvgIpc) is 3.13. The number of cyclic esters (lactones) is 1. The molecule has 1 saturated heterocycles. The number of carbonyl (C=O) groups excluding carboxylic acids is 1. The topological polar surface area (TPSA) is 66.8 Å². The molecule has 0 amide bonds. The van der Waals surface area contributed by atoms with Gasteiger partial charge in [-0.25, -0.2) is 4.79 Å². The second kappa shape index (κ2) is 4.57. The zero-order chi connectivity index (χ0) is 15.5. The van der Waals surface area contributed by atoms with E-state index in [-0.39, 0.29) is 12.2 Å². The van der Waals surface area contributed by atoms with Gasteiger partial charge in [0.15, 0.2) is 4.87 Å². The Balaban J connectivity index is 1.98. The first-order valence-electron chi connectivity index (χ1n) is 7.43. The van der Waals surface area contributed by atoms with Gasteiger partial charge < -0.3 is 18.8 Å². The first-order chi connectivity index (χ1) is 10.5. The Hall–Kier alpha value is -1.37. The van der Waals surface area contributed by atoms with Gasteiger partial charge in [0.1, 0.15) is 6.61 Å². The van der Waals surface area contributed by atoms with Crippen LogP contribution in [0.4, 0.5) is 0 Å². The number of fused-ring (bicyclic) bond motifs is 3. The molecule has 1 aromatic rings. The number of halogens is 1. The highest BCUT2D eigenvalue weighted by Crippen LogP contribution is 2.44. The lowest BCUT2D eigenvalue weighted by atomic mass is 9.89. The summed E-state index contributed by atoms with van der Waals surface area (Å²) in [5, 5.41) is 0. The van der Waals surface area contributed by atoms with Gasteiger partial charge in [0.25, 0.3) is 5.56 Å². The van der Waals surface area contributed by atoms with E-state index in [0.717, 1.165) is 0 Å². The smallest absolute Gasteiger partial charge is 0.332 e. The van der Waals surface area contributed by atoms with Crippen molar-refractivity contribution in [1.29, 1.82) is 0 Å². The van der Waals surface area contributed by atoms with Gasteiger partial charge in [0.05, 0.1) is 24.5 Å². The molecule has 118 valence electrons. The molecule has 7 heteroatoms. The van der Waals surface area contributed by atoms with Gasteiger partial charge in [-0.2, -0.15) is 0 Å². The summed E-state index contributed by atoms with van der Waals surface area (Å²) >= 11 is 6.51. The molecule has 3 aliphatic heterocycles. The van der Waals surface area contributed by atoms with Crippen LogP contribution in [0.5, 0.6) is 0 Å². The molecule has 0 bridgehead atoms. The Morgan fingerprint density at radius 3 is 2.73 bits per heavy atom. The molecule has 0 aliphatic carbocycles. The Morgan fingerprint density at radius 2 is 2.05 bits per heavy atom. The first kappa shape index (κ1) is 14.2. The fourth-order valence-electron chi connectivity index (χ4n) is 3.55. The van der Waals surface area contributed by atoms with Crippen molar-refractivity contribution < 1.29 is 19.0 Å². The summed E-state index contributed by atoms with van der Waals surface area (Å²) in [6.45, 7) is 3.28. The van der Waals surface area contributed by atoms with Crippen molar-refractivity contribution in [2.45, 2.75) is 43.6 Å². The van der Waals surface area contributed by atoms with Crippen LogP contribution in [-0.4, -0.2) is 23.8 Å². The number of aromatic nitrogens is 1. The number of pyridine rings is 1. The summed E-state index contributed by atoms with van der Waals surface area (Å²) < 4.78 is 18.3. The van der Waals surface area contributed by atoms with E-state index in [9.17, 15) is 9.59 Å². The van der Waals surface area contributed by atoms with Crippen LogP contribution in [0, 0.1) is 0 Å². The molecule has 0 saturated carbocycles. The first-order valence-corrected chi connectivity index (χ1v) is 7.81. The minimum atomic E-state index is -1.31. The fourth-order valence-corrected chi connectivity index (χ4v) is 3.77. The van der Waals surface area contributed by atoms with Crippen LogP contribution in [0.3, 0.4) is 0 Å². The van der Waals surface area contributed by atoms with Crippen molar-refractivity contribution in [2.24, 2.45) is 0 Å². The maximum absolute atomic E-state index is 12.8. The van der Waals surface area contributed by atoms with E-state index in [4.69, 9.17) is 25.8 Å². The number of esters is 1. The van der Waals surface area contributed by atoms with Crippen LogP contribution in [0.15, 0.2) is 10.9 Å². The van der Waals surface area contributed by atoms with Crippen molar-refractivity contribution in [3.05, 3.63) is 33.2 Å². The number of alkyl halides is 1. The van der Waals surface area contributed by atoms with E-state index >= 15 is 0 Å². The van der Waals surface area contributed by atoms with Gasteiger partial charge in [0.2, 0.25) is 5.79 Å². The Labute approximate surface area is 131 Å². The largest absolute Gasteiger partial charge is 0.459 e. The van der Waals surface area contributed by atoms with Crippen LogP contribution in [0.25, 0.3) is 0 Å². The number of nitrogens with zero attached hydrogens (tertiary/aromatic N) is 1. The number of ether oxygens (including phenoxy) is 3. The molecule has 1 atom stereocenters. The molecule has 6 nitrogen and oxygen atoms in total. The van der Waals surface area contributed by atoms with Crippen molar-refractivity contribution in [2.75, 3.05) is 13.2 Å². The fraction of sp³-hybridized carbons (Fsp3) is 0.600. The van der Waals surface area contributed by atoms with Crippen LogP contribution < -0.4 is 5.56 Å². The van der Waals surface area contributed by atoms with Crippen molar-refractivity contribution in [3.63, 3.8) is 0 Å². The van der Waals surface area contributed by atoms with Crippen LogP contribution in [0.2, 0.25) is 0 Å². The number of carbonyl (C=O) groups is 1. The average molecular weight is 326 g/mol. The highest BCUT2D eigenvalue weighted by Gasteiger charge is 2.50. The zero-order valence-electron chi connectivity index (χ0n) is 12.2. The molecule has 0 radical (unpaired) electrons. The number of rotatable bonds is 1. The number of hydrogen-bond acceptors (Lipinski definition) is 5. The quantitative estimate of drug-likeness (QED) is 0.576. The van der Waals surface area contributed by atoms with Gasteiger partial charge in [-0.1, -0.05) is 6.92 Å². The second-order valence-electron chi connectivity index (χ2n) is 5.81. The SMILES string of the molecule is CCC1(Cl)C(=O)OCc2c1cc1n(c2=O)CCC12OCCO2. The third-order valence-electron chi connectivity index (χ3n) is 4.79.